The van der Waals surface area contributed by atoms with Crippen molar-refractivity contribution in [2.24, 2.45) is 0 Å². The highest BCUT2D eigenvalue weighted by molar-refractivity contribution is 5.62. The average Bonchev–Trinajstić information content (AvgIpc) is 3.28. The Kier molecular flexibility index (Phi) is 3.96. The highest BCUT2D eigenvalue weighted by Crippen LogP contribution is 2.60. The highest BCUT2D eigenvalue weighted by Gasteiger charge is 2.53. The van der Waals surface area contributed by atoms with Gasteiger partial charge in [-0.3, -0.25) is 0 Å². The molecule has 1 saturated heterocycles. The molecule has 2 aliphatic carbocycles. The number of likely N-dealkylation sites (tertiary alicyclic amines) is 1. The van der Waals surface area contributed by atoms with Gasteiger partial charge < -0.3 is 10.0 Å². The molecule has 0 amide bonds. The van der Waals surface area contributed by atoms with Crippen molar-refractivity contribution in [1.29, 1.82) is 0 Å². The molecule has 0 saturated carbocycles. The lowest BCUT2D eigenvalue weighted by Crippen LogP contribution is -2.47. The van der Waals surface area contributed by atoms with Gasteiger partial charge in [0.05, 0.1) is 5.60 Å². The van der Waals surface area contributed by atoms with Gasteiger partial charge >= 0.3 is 0 Å². The van der Waals surface area contributed by atoms with Gasteiger partial charge in [-0.05, 0) is 59.2 Å². The molecule has 0 aromatic heterocycles. The average molecular weight is 400 g/mol. The number of hydrogen-bond donors (Lipinski definition) is 1. The Labute approximate surface area is 177 Å². The Morgan fingerprint density at radius 1 is 0.833 bits per heavy atom. The molecule has 3 aromatic rings. The molecular weight excluding hydrogens is 373 g/mol. The Bertz CT molecular complexity index is 1050. The fraction of sp³-hybridized carbons (Fsp3) is 0.333. The number of hydrogen-bond acceptors (Lipinski definition) is 2. The second-order valence-corrected chi connectivity index (χ2v) is 9.33. The standard InChI is InChI=1S/C27H26FNO/c28-20-11-9-19(10-12-20)27(30)13-15-29(16-14-27)18-26-17-23(21-5-1-3-7-24(21)26)22-6-2-4-8-25(22)26/h1-12,23,30H,13-18H2. The first kappa shape index (κ1) is 18.3. The van der Waals surface area contributed by atoms with E-state index in [2.05, 4.69) is 53.4 Å². The van der Waals surface area contributed by atoms with Crippen molar-refractivity contribution < 1.29 is 9.50 Å². The fourth-order valence-corrected chi connectivity index (χ4v) is 6.32. The summed E-state index contributed by atoms with van der Waals surface area (Å²) >= 11 is 0. The fourth-order valence-electron chi connectivity index (χ4n) is 6.32. The van der Waals surface area contributed by atoms with E-state index in [4.69, 9.17) is 0 Å². The van der Waals surface area contributed by atoms with Crippen LogP contribution in [0.1, 0.15) is 53.0 Å². The second kappa shape index (κ2) is 6.50. The molecular formula is C27H26FNO. The van der Waals surface area contributed by atoms with Crippen molar-refractivity contribution in [3.8, 4) is 0 Å². The molecule has 2 nitrogen and oxygen atoms in total. The van der Waals surface area contributed by atoms with Crippen molar-refractivity contribution >= 4 is 0 Å². The maximum Gasteiger partial charge on any atom is 0.123 e. The van der Waals surface area contributed by atoms with Gasteiger partial charge in [-0.15, -0.1) is 0 Å². The third kappa shape index (κ3) is 2.55. The minimum absolute atomic E-state index is 0.0587. The van der Waals surface area contributed by atoms with Crippen LogP contribution < -0.4 is 0 Å². The zero-order valence-corrected chi connectivity index (χ0v) is 17.0. The van der Waals surface area contributed by atoms with Crippen molar-refractivity contribution in [3.05, 3.63) is 106 Å². The zero-order valence-electron chi connectivity index (χ0n) is 17.0. The summed E-state index contributed by atoms with van der Waals surface area (Å²) in [5.41, 5.74) is 6.02. The topological polar surface area (TPSA) is 23.5 Å². The van der Waals surface area contributed by atoms with Crippen LogP contribution >= 0.6 is 0 Å². The van der Waals surface area contributed by atoms with Crippen LogP contribution in [0.5, 0.6) is 0 Å². The van der Waals surface area contributed by atoms with E-state index >= 15 is 0 Å². The lowest BCUT2D eigenvalue weighted by Gasteiger charge is -2.42. The number of rotatable bonds is 3. The van der Waals surface area contributed by atoms with Crippen molar-refractivity contribution in [2.45, 2.75) is 36.2 Å². The lowest BCUT2D eigenvalue weighted by atomic mass is 9.74. The van der Waals surface area contributed by atoms with Gasteiger partial charge in [-0.2, -0.15) is 0 Å². The summed E-state index contributed by atoms with van der Waals surface area (Å²) in [4.78, 5) is 2.53. The summed E-state index contributed by atoms with van der Waals surface area (Å²) in [6.45, 7) is 2.70. The zero-order chi connectivity index (χ0) is 20.3. The van der Waals surface area contributed by atoms with Gasteiger partial charge in [0.2, 0.25) is 0 Å². The quantitative estimate of drug-likeness (QED) is 0.674. The van der Waals surface area contributed by atoms with Crippen LogP contribution in [0.4, 0.5) is 4.39 Å². The molecule has 30 heavy (non-hydrogen) atoms. The van der Waals surface area contributed by atoms with E-state index in [1.165, 1.54) is 34.4 Å². The number of nitrogens with zero attached hydrogens (tertiary/aromatic N) is 1. The molecule has 0 spiro atoms. The number of fused-ring (bicyclic) bond motifs is 8. The van der Waals surface area contributed by atoms with E-state index in [1.54, 1.807) is 12.1 Å². The molecule has 0 radical (unpaired) electrons. The third-order valence-corrected chi connectivity index (χ3v) is 7.81. The maximum absolute atomic E-state index is 13.3. The Morgan fingerprint density at radius 3 is 2.00 bits per heavy atom. The van der Waals surface area contributed by atoms with Crippen LogP contribution in [0.2, 0.25) is 0 Å². The summed E-state index contributed by atoms with van der Waals surface area (Å²) < 4.78 is 13.3. The highest BCUT2D eigenvalue weighted by atomic mass is 19.1. The van der Waals surface area contributed by atoms with Gasteiger partial charge in [0.15, 0.2) is 0 Å². The normalized spacial score (nSPS) is 26.4. The number of piperidine rings is 1. The summed E-state index contributed by atoms with van der Waals surface area (Å²) in [5.74, 6) is 0.256. The second-order valence-electron chi connectivity index (χ2n) is 9.33. The Balaban J connectivity index is 1.28. The predicted molar refractivity (Wildman–Crippen MR) is 116 cm³/mol. The van der Waals surface area contributed by atoms with E-state index in [0.29, 0.717) is 18.8 Å². The summed E-state index contributed by atoms with van der Waals surface area (Å²) in [5, 5.41) is 11.2. The monoisotopic (exact) mass is 399 g/mol. The number of halogens is 1. The molecule has 1 aliphatic heterocycles. The molecule has 3 aromatic carbocycles. The van der Waals surface area contributed by atoms with Crippen LogP contribution in [0.25, 0.3) is 0 Å². The van der Waals surface area contributed by atoms with Gasteiger partial charge in [0.25, 0.3) is 0 Å². The van der Waals surface area contributed by atoms with E-state index < -0.39 is 5.60 Å². The van der Waals surface area contributed by atoms with Crippen molar-refractivity contribution in [2.75, 3.05) is 19.6 Å². The molecule has 0 atom stereocenters. The minimum Gasteiger partial charge on any atom is -0.385 e. The van der Waals surface area contributed by atoms with Crippen LogP contribution in [0.15, 0.2) is 72.8 Å². The molecule has 0 unspecified atom stereocenters. The molecule has 2 bridgehead atoms. The van der Waals surface area contributed by atoms with Crippen LogP contribution in [-0.4, -0.2) is 29.6 Å². The van der Waals surface area contributed by atoms with Crippen molar-refractivity contribution in [3.63, 3.8) is 0 Å². The van der Waals surface area contributed by atoms with Gasteiger partial charge in [0, 0.05) is 31.0 Å². The minimum atomic E-state index is -0.856. The first-order chi connectivity index (χ1) is 14.6. The molecule has 6 rings (SSSR count). The van der Waals surface area contributed by atoms with Crippen molar-refractivity contribution in [1.82, 2.24) is 4.90 Å². The first-order valence-corrected chi connectivity index (χ1v) is 11.0. The summed E-state index contributed by atoms with van der Waals surface area (Å²) in [6.07, 6.45) is 2.52. The van der Waals surface area contributed by atoms with E-state index in [9.17, 15) is 9.50 Å². The van der Waals surface area contributed by atoms with Gasteiger partial charge in [-0.1, -0.05) is 60.7 Å². The van der Waals surface area contributed by atoms with E-state index in [0.717, 1.165) is 31.6 Å². The van der Waals surface area contributed by atoms with Gasteiger partial charge in [0.1, 0.15) is 5.82 Å². The van der Waals surface area contributed by atoms with Crippen LogP contribution in [0, 0.1) is 5.82 Å². The lowest BCUT2D eigenvalue weighted by molar-refractivity contribution is -0.0289. The SMILES string of the molecule is OC1(c2ccc(F)cc2)CCN(CC23CC(c4ccccc42)c2ccccc23)CC1. The first-order valence-electron chi connectivity index (χ1n) is 11.0. The molecule has 1 fully saturated rings. The third-order valence-electron chi connectivity index (χ3n) is 7.81. The predicted octanol–water partition coefficient (Wildman–Crippen LogP) is 4.94. The van der Waals surface area contributed by atoms with E-state index in [-0.39, 0.29) is 11.2 Å². The summed E-state index contributed by atoms with van der Waals surface area (Å²) in [6, 6.07) is 24.3. The van der Waals surface area contributed by atoms with E-state index in [1.807, 2.05) is 0 Å². The largest absolute Gasteiger partial charge is 0.385 e. The molecule has 1 heterocycles. The van der Waals surface area contributed by atoms with Gasteiger partial charge in [-0.25, -0.2) is 4.39 Å². The molecule has 3 heteroatoms. The Morgan fingerprint density at radius 2 is 1.40 bits per heavy atom. The maximum atomic E-state index is 13.3. The Hall–Kier alpha value is -2.49. The van der Waals surface area contributed by atoms with Crippen LogP contribution in [0.3, 0.4) is 0 Å². The molecule has 1 N–H and O–H groups in total. The number of aliphatic hydroxyl groups is 1. The molecule has 152 valence electrons. The summed E-state index contributed by atoms with van der Waals surface area (Å²) in [7, 11) is 0. The smallest absolute Gasteiger partial charge is 0.123 e. The van der Waals surface area contributed by atoms with Crippen LogP contribution in [-0.2, 0) is 11.0 Å². The number of benzene rings is 3. The molecule has 3 aliphatic rings.